The summed E-state index contributed by atoms with van der Waals surface area (Å²) in [6, 6.07) is 6.05. The lowest BCUT2D eigenvalue weighted by Crippen LogP contribution is -2.44. The molecule has 6 nitrogen and oxygen atoms in total. The highest BCUT2D eigenvalue weighted by Gasteiger charge is 2.29. The summed E-state index contributed by atoms with van der Waals surface area (Å²) in [7, 11) is -3.53. The van der Waals surface area contributed by atoms with Crippen LogP contribution in [0.5, 0.6) is 0 Å². The quantitative estimate of drug-likeness (QED) is 0.883. The topological polar surface area (TPSA) is 75.7 Å². The number of ether oxygens (including phenoxy) is 1. The van der Waals surface area contributed by atoms with Gasteiger partial charge in [0.2, 0.25) is 10.0 Å². The molecular weight excluding hydrogens is 304 g/mol. The first-order valence-corrected chi connectivity index (χ1v) is 8.89. The Hall–Kier alpha value is -1.44. The summed E-state index contributed by atoms with van der Waals surface area (Å²) in [6.45, 7) is 5.52. The minimum atomic E-state index is -3.53. The second kappa shape index (κ2) is 7.21. The SMILES string of the molecule is CCCNC(=O)c1ccc(S(=O)(=O)N2CCOC(C)C2)cc1. The molecule has 0 bridgehead atoms. The van der Waals surface area contributed by atoms with Crippen molar-refractivity contribution < 1.29 is 17.9 Å². The molecule has 1 N–H and O–H groups in total. The van der Waals surface area contributed by atoms with Crippen LogP contribution in [-0.2, 0) is 14.8 Å². The van der Waals surface area contributed by atoms with Crippen molar-refractivity contribution in [3.63, 3.8) is 0 Å². The van der Waals surface area contributed by atoms with E-state index in [1.54, 1.807) is 12.1 Å². The second-order valence-electron chi connectivity index (χ2n) is 5.32. The fraction of sp³-hybridized carbons (Fsp3) is 0.533. The molecule has 0 radical (unpaired) electrons. The van der Waals surface area contributed by atoms with Crippen LogP contribution in [0.25, 0.3) is 0 Å². The molecule has 1 aliphatic heterocycles. The lowest BCUT2D eigenvalue weighted by Gasteiger charge is -2.30. The zero-order valence-corrected chi connectivity index (χ0v) is 13.7. The molecule has 22 heavy (non-hydrogen) atoms. The number of amides is 1. The summed E-state index contributed by atoms with van der Waals surface area (Å²) in [5.41, 5.74) is 0.461. The van der Waals surface area contributed by atoms with Gasteiger partial charge in [-0.15, -0.1) is 0 Å². The number of benzene rings is 1. The Morgan fingerprint density at radius 1 is 1.36 bits per heavy atom. The van der Waals surface area contributed by atoms with Crippen LogP contribution in [0.3, 0.4) is 0 Å². The number of nitrogens with one attached hydrogen (secondary N) is 1. The van der Waals surface area contributed by atoms with Gasteiger partial charge in [-0.1, -0.05) is 6.92 Å². The standard InChI is InChI=1S/C15H22N2O4S/c1-3-8-16-15(18)13-4-6-14(7-5-13)22(19,20)17-9-10-21-12(2)11-17/h4-7,12H,3,8-11H2,1-2H3,(H,16,18). The number of morpholine rings is 1. The van der Waals surface area contributed by atoms with E-state index in [0.717, 1.165) is 6.42 Å². The van der Waals surface area contributed by atoms with Crippen LogP contribution in [0.15, 0.2) is 29.2 Å². The van der Waals surface area contributed by atoms with Crippen LogP contribution in [0.4, 0.5) is 0 Å². The van der Waals surface area contributed by atoms with Gasteiger partial charge < -0.3 is 10.1 Å². The van der Waals surface area contributed by atoms with E-state index in [-0.39, 0.29) is 16.9 Å². The fourth-order valence-electron chi connectivity index (χ4n) is 2.27. The molecule has 1 aromatic rings. The minimum Gasteiger partial charge on any atom is -0.376 e. The van der Waals surface area contributed by atoms with Crippen LogP contribution in [-0.4, -0.2) is 51.0 Å². The molecule has 1 aromatic carbocycles. The van der Waals surface area contributed by atoms with Gasteiger partial charge in [0.15, 0.2) is 0 Å². The average Bonchev–Trinajstić information content (AvgIpc) is 2.52. The number of carbonyl (C=O) groups excluding carboxylic acids is 1. The van der Waals surface area contributed by atoms with E-state index in [1.165, 1.54) is 16.4 Å². The van der Waals surface area contributed by atoms with Gasteiger partial charge in [-0.3, -0.25) is 4.79 Å². The summed E-state index contributed by atoms with van der Waals surface area (Å²) < 4.78 is 31.9. The summed E-state index contributed by atoms with van der Waals surface area (Å²) in [5.74, 6) is -0.189. The highest BCUT2D eigenvalue weighted by Crippen LogP contribution is 2.19. The molecule has 1 unspecified atom stereocenters. The normalized spacial score (nSPS) is 19.8. The first-order chi connectivity index (χ1) is 10.4. The first-order valence-electron chi connectivity index (χ1n) is 7.45. The van der Waals surface area contributed by atoms with Crippen LogP contribution in [0.2, 0.25) is 0 Å². The minimum absolute atomic E-state index is 0.109. The molecule has 0 spiro atoms. The van der Waals surface area contributed by atoms with E-state index in [0.29, 0.717) is 31.8 Å². The average molecular weight is 326 g/mol. The Kier molecular flexibility index (Phi) is 5.55. The summed E-state index contributed by atoms with van der Waals surface area (Å²) >= 11 is 0. The van der Waals surface area contributed by atoms with Gasteiger partial charge in [0.05, 0.1) is 17.6 Å². The van der Waals surface area contributed by atoms with Crippen LogP contribution in [0, 0.1) is 0 Å². The van der Waals surface area contributed by atoms with Gasteiger partial charge >= 0.3 is 0 Å². The number of rotatable bonds is 5. The smallest absolute Gasteiger partial charge is 0.251 e. The van der Waals surface area contributed by atoms with E-state index in [2.05, 4.69) is 5.32 Å². The zero-order valence-electron chi connectivity index (χ0n) is 12.9. The van der Waals surface area contributed by atoms with Crippen LogP contribution < -0.4 is 5.32 Å². The fourth-order valence-corrected chi connectivity index (χ4v) is 3.77. The van der Waals surface area contributed by atoms with E-state index in [9.17, 15) is 13.2 Å². The maximum Gasteiger partial charge on any atom is 0.251 e. The molecule has 7 heteroatoms. The highest BCUT2D eigenvalue weighted by molar-refractivity contribution is 7.89. The van der Waals surface area contributed by atoms with E-state index in [4.69, 9.17) is 4.74 Å². The second-order valence-corrected chi connectivity index (χ2v) is 7.26. The van der Waals surface area contributed by atoms with Crippen molar-refractivity contribution in [3.8, 4) is 0 Å². The Balaban J connectivity index is 2.13. The van der Waals surface area contributed by atoms with E-state index < -0.39 is 10.0 Å². The van der Waals surface area contributed by atoms with Crippen molar-refractivity contribution in [1.82, 2.24) is 9.62 Å². The molecule has 1 saturated heterocycles. The van der Waals surface area contributed by atoms with Crippen molar-refractivity contribution in [1.29, 1.82) is 0 Å². The highest BCUT2D eigenvalue weighted by atomic mass is 32.2. The molecular formula is C15H22N2O4S. The van der Waals surface area contributed by atoms with Gasteiger partial charge in [0.25, 0.3) is 5.91 Å². The van der Waals surface area contributed by atoms with Gasteiger partial charge in [-0.25, -0.2) is 8.42 Å². The molecule has 1 aliphatic rings. The molecule has 1 heterocycles. The maximum absolute atomic E-state index is 12.6. The van der Waals surface area contributed by atoms with Gasteiger partial charge in [0.1, 0.15) is 0 Å². The summed E-state index contributed by atoms with van der Waals surface area (Å²) in [4.78, 5) is 12.0. The van der Waals surface area contributed by atoms with E-state index in [1.807, 2.05) is 13.8 Å². The Morgan fingerprint density at radius 2 is 2.05 bits per heavy atom. The van der Waals surface area contributed by atoms with Crippen molar-refractivity contribution in [2.75, 3.05) is 26.2 Å². The Morgan fingerprint density at radius 3 is 2.64 bits per heavy atom. The third-order valence-corrected chi connectivity index (χ3v) is 5.37. The predicted octanol–water partition coefficient (Wildman–Crippen LogP) is 1.24. The predicted molar refractivity (Wildman–Crippen MR) is 83.2 cm³/mol. The number of sulfonamides is 1. The molecule has 2 rings (SSSR count). The number of nitrogens with zero attached hydrogens (tertiary/aromatic N) is 1. The monoisotopic (exact) mass is 326 g/mol. The van der Waals surface area contributed by atoms with Crippen molar-refractivity contribution >= 4 is 15.9 Å². The lowest BCUT2D eigenvalue weighted by atomic mass is 10.2. The third kappa shape index (κ3) is 3.85. The summed E-state index contributed by atoms with van der Waals surface area (Å²) in [6.07, 6.45) is 0.746. The van der Waals surface area contributed by atoms with Crippen molar-refractivity contribution in [2.24, 2.45) is 0 Å². The van der Waals surface area contributed by atoms with Crippen LogP contribution in [0.1, 0.15) is 30.6 Å². The maximum atomic E-state index is 12.6. The Bertz CT molecular complexity index is 613. The lowest BCUT2D eigenvalue weighted by molar-refractivity contribution is 0.0102. The number of hydrogen-bond donors (Lipinski definition) is 1. The largest absolute Gasteiger partial charge is 0.376 e. The number of hydrogen-bond acceptors (Lipinski definition) is 4. The van der Waals surface area contributed by atoms with Crippen LogP contribution >= 0.6 is 0 Å². The van der Waals surface area contributed by atoms with Gasteiger partial charge in [-0.2, -0.15) is 4.31 Å². The summed E-state index contributed by atoms with van der Waals surface area (Å²) in [5, 5.41) is 2.76. The molecule has 0 aromatic heterocycles. The van der Waals surface area contributed by atoms with E-state index >= 15 is 0 Å². The van der Waals surface area contributed by atoms with Crippen molar-refractivity contribution in [3.05, 3.63) is 29.8 Å². The molecule has 0 saturated carbocycles. The third-order valence-electron chi connectivity index (χ3n) is 3.49. The Labute approximate surface area is 131 Å². The van der Waals surface area contributed by atoms with Gasteiger partial charge in [0, 0.05) is 25.2 Å². The molecule has 122 valence electrons. The molecule has 1 amide bonds. The molecule has 1 fully saturated rings. The first kappa shape index (κ1) is 16.9. The molecule has 0 aliphatic carbocycles. The zero-order chi connectivity index (χ0) is 16.2. The van der Waals surface area contributed by atoms with Gasteiger partial charge in [-0.05, 0) is 37.6 Å². The van der Waals surface area contributed by atoms with Crippen molar-refractivity contribution in [2.45, 2.75) is 31.3 Å². The number of carbonyl (C=O) groups is 1. The molecule has 1 atom stereocenters.